The molecular weight excluding hydrogens is 252 g/mol. The third-order valence-electron chi connectivity index (χ3n) is 5.44. The normalized spacial score (nSPS) is 34.0. The molecule has 0 amide bonds. The number of nitrogens with zero attached hydrogens (tertiary/aromatic N) is 1. The highest BCUT2D eigenvalue weighted by Gasteiger charge is 2.41. The number of fused-ring (bicyclic) bond motifs is 1. The fourth-order valence-corrected chi connectivity index (χ4v) is 4.22. The highest BCUT2D eigenvalue weighted by atomic mass is 16.5. The van der Waals surface area contributed by atoms with Crippen LogP contribution >= 0.6 is 0 Å². The van der Waals surface area contributed by atoms with E-state index in [0.29, 0.717) is 17.6 Å². The highest BCUT2D eigenvalue weighted by molar-refractivity contribution is 4.94. The van der Waals surface area contributed by atoms with Crippen molar-refractivity contribution in [1.29, 1.82) is 0 Å². The van der Waals surface area contributed by atoms with Gasteiger partial charge in [-0.2, -0.15) is 0 Å². The molecule has 3 fully saturated rings. The zero-order valence-electron chi connectivity index (χ0n) is 12.9. The molecule has 2 heterocycles. The summed E-state index contributed by atoms with van der Waals surface area (Å²) in [6.45, 7) is 9.56. The summed E-state index contributed by atoms with van der Waals surface area (Å²) in [6.07, 6.45) is 6.86. The molecule has 2 unspecified atom stereocenters. The molecule has 2 aliphatic heterocycles. The second-order valence-electron chi connectivity index (χ2n) is 6.77. The van der Waals surface area contributed by atoms with Gasteiger partial charge in [0.1, 0.15) is 0 Å². The molecular formula is C16H30N2O2. The average molecular weight is 282 g/mol. The Balaban J connectivity index is 1.65. The van der Waals surface area contributed by atoms with E-state index in [1.807, 2.05) is 0 Å². The predicted octanol–water partition coefficient (Wildman–Crippen LogP) is 1.65. The molecule has 4 nitrogen and oxygen atoms in total. The monoisotopic (exact) mass is 282 g/mol. The van der Waals surface area contributed by atoms with Gasteiger partial charge in [-0.05, 0) is 44.1 Å². The van der Waals surface area contributed by atoms with E-state index in [-0.39, 0.29) is 0 Å². The average Bonchev–Trinajstić information content (AvgIpc) is 2.96. The molecule has 1 aliphatic carbocycles. The third-order valence-corrected chi connectivity index (χ3v) is 5.44. The van der Waals surface area contributed by atoms with E-state index >= 15 is 0 Å². The number of hydrogen-bond acceptors (Lipinski definition) is 4. The first kappa shape index (κ1) is 14.8. The fraction of sp³-hybridized carbons (Fsp3) is 1.00. The molecule has 0 radical (unpaired) electrons. The molecule has 0 aromatic rings. The largest absolute Gasteiger partial charge is 0.381 e. The van der Waals surface area contributed by atoms with Crippen molar-refractivity contribution in [2.45, 2.75) is 51.2 Å². The van der Waals surface area contributed by atoms with Gasteiger partial charge in [-0.3, -0.25) is 4.90 Å². The van der Waals surface area contributed by atoms with Gasteiger partial charge in [-0.15, -0.1) is 0 Å². The van der Waals surface area contributed by atoms with E-state index in [1.54, 1.807) is 0 Å². The van der Waals surface area contributed by atoms with Crippen LogP contribution in [0.15, 0.2) is 0 Å². The van der Waals surface area contributed by atoms with E-state index in [4.69, 9.17) is 9.47 Å². The number of ether oxygens (including phenoxy) is 2. The number of morpholine rings is 1. The summed E-state index contributed by atoms with van der Waals surface area (Å²) in [5, 5.41) is 3.59. The van der Waals surface area contributed by atoms with E-state index < -0.39 is 0 Å². The molecule has 4 heteroatoms. The van der Waals surface area contributed by atoms with Crippen LogP contribution in [0.2, 0.25) is 0 Å². The van der Waals surface area contributed by atoms with Crippen LogP contribution in [0.3, 0.4) is 0 Å². The maximum Gasteiger partial charge on any atom is 0.0730 e. The minimum Gasteiger partial charge on any atom is -0.381 e. The molecule has 2 saturated heterocycles. The Labute approximate surface area is 123 Å². The van der Waals surface area contributed by atoms with Gasteiger partial charge in [-0.25, -0.2) is 0 Å². The molecule has 0 spiro atoms. The lowest BCUT2D eigenvalue weighted by atomic mass is 9.79. The molecule has 2 atom stereocenters. The van der Waals surface area contributed by atoms with Gasteiger partial charge in [0.2, 0.25) is 0 Å². The topological polar surface area (TPSA) is 33.7 Å². The summed E-state index contributed by atoms with van der Waals surface area (Å²) in [5.41, 5.74) is 0.415. The summed E-state index contributed by atoms with van der Waals surface area (Å²) in [6, 6.07) is 0.685. The van der Waals surface area contributed by atoms with Crippen molar-refractivity contribution in [3.05, 3.63) is 0 Å². The lowest BCUT2D eigenvalue weighted by Gasteiger charge is -2.46. The molecule has 0 aromatic carbocycles. The summed E-state index contributed by atoms with van der Waals surface area (Å²) < 4.78 is 11.6. The van der Waals surface area contributed by atoms with Crippen LogP contribution < -0.4 is 5.32 Å². The van der Waals surface area contributed by atoms with Crippen LogP contribution in [-0.4, -0.2) is 63.0 Å². The van der Waals surface area contributed by atoms with Crippen molar-refractivity contribution in [2.75, 3.05) is 46.0 Å². The van der Waals surface area contributed by atoms with Gasteiger partial charge in [0.15, 0.2) is 0 Å². The van der Waals surface area contributed by atoms with E-state index in [1.165, 1.54) is 38.6 Å². The predicted molar refractivity (Wildman–Crippen MR) is 80.0 cm³/mol. The lowest BCUT2D eigenvalue weighted by molar-refractivity contribution is -0.0821. The van der Waals surface area contributed by atoms with E-state index in [9.17, 15) is 0 Å². The van der Waals surface area contributed by atoms with Gasteiger partial charge >= 0.3 is 0 Å². The zero-order valence-corrected chi connectivity index (χ0v) is 12.9. The Kier molecular flexibility index (Phi) is 4.97. The second-order valence-corrected chi connectivity index (χ2v) is 6.77. The second kappa shape index (κ2) is 6.73. The molecule has 20 heavy (non-hydrogen) atoms. The molecule has 1 saturated carbocycles. The smallest absolute Gasteiger partial charge is 0.0730 e. The maximum absolute atomic E-state index is 5.95. The van der Waals surface area contributed by atoms with Gasteiger partial charge in [-0.1, -0.05) is 6.92 Å². The molecule has 1 N–H and O–H groups in total. The number of rotatable bonds is 5. The fourth-order valence-electron chi connectivity index (χ4n) is 4.22. The van der Waals surface area contributed by atoms with Crippen LogP contribution in [0.5, 0.6) is 0 Å². The van der Waals surface area contributed by atoms with Crippen molar-refractivity contribution >= 4 is 0 Å². The SMILES string of the molecule is CCNCC1(CN2CCOC3CCCC32)CCOCC1. The first-order chi connectivity index (χ1) is 9.83. The molecule has 0 aromatic heterocycles. The Morgan fingerprint density at radius 2 is 2.05 bits per heavy atom. The Bertz CT molecular complexity index is 305. The first-order valence-corrected chi connectivity index (χ1v) is 8.47. The van der Waals surface area contributed by atoms with Crippen molar-refractivity contribution in [3.8, 4) is 0 Å². The molecule has 3 aliphatic rings. The van der Waals surface area contributed by atoms with Gasteiger partial charge in [0.25, 0.3) is 0 Å². The maximum atomic E-state index is 5.95. The quantitative estimate of drug-likeness (QED) is 0.831. The number of hydrogen-bond donors (Lipinski definition) is 1. The summed E-state index contributed by atoms with van der Waals surface area (Å²) >= 11 is 0. The summed E-state index contributed by atoms with van der Waals surface area (Å²) in [4.78, 5) is 2.74. The summed E-state index contributed by atoms with van der Waals surface area (Å²) in [7, 11) is 0. The summed E-state index contributed by atoms with van der Waals surface area (Å²) in [5.74, 6) is 0. The van der Waals surface area contributed by atoms with Crippen LogP contribution in [0.1, 0.15) is 39.0 Å². The van der Waals surface area contributed by atoms with Gasteiger partial charge in [0, 0.05) is 38.9 Å². The molecule has 3 rings (SSSR count). The van der Waals surface area contributed by atoms with Crippen LogP contribution in [0.4, 0.5) is 0 Å². The van der Waals surface area contributed by atoms with E-state index in [0.717, 1.165) is 39.5 Å². The van der Waals surface area contributed by atoms with Crippen LogP contribution in [-0.2, 0) is 9.47 Å². The first-order valence-electron chi connectivity index (χ1n) is 8.47. The van der Waals surface area contributed by atoms with E-state index in [2.05, 4.69) is 17.1 Å². The molecule has 0 bridgehead atoms. The Morgan fingerprint density at radius 1 is 1.20 bits per heavy atom. The van der Waals surface area contributed by atoms with Crippen LogP contribution in [0.25, 0.3) is 0 Å². The van der Waals surface area contributed by atoms with Gasteiger partial charge < -0.3 is 14.8 Å². The minimum atomic E-state index is 0.415. The van der Waals surface area contributed by atoms with Crippen molar-refractivity contribution in [3.63, 3.8) is 0 Å². The number of nitrogens with one attached hydrogen (secondary N) is 1. The standard InChI is InChI=1S/C16H30N2O2/c1-2-17-12-16(6-9-19-10-7-16)13-18-8-11-20-15-5-3-4-14(15)18/h14-15,17H,2-13H2,1H3. The Hall–Kier alpha value is -0.160. The third kappa shape index (κ3) is 3.19. The zero-order chi connectivity index (χ0) is 13.8. The van der Waals surface area contributed by atoms with Crippen molar-refractivity contribution < 1.29 is 9.47 Å². The van der Waals surface area contributed by atoms with Crippen molar-refractivity contribution in [1.82, 2.24) is 10.2 Å². The lowest BCUT2D eigenvalue weighted by Crippen LogP contribution is -2.55. The Morgan fingerprint density at radius 3 is 2.85 bits per heavy atom. The van der Waals surface area contributed by atoms with Gasteiger partial charge in [0.05, 0.1) is 12.7 Å². The minimum absolute atomic E-state index is 0.415. The van der Waals surface area contributed by atoms with Crippen LogP contribution in [0, 0.1) is 5.41 Å². The highest BCUT2D eigenvalue weighted by Crippen LogP contribution is 2.36. The molecule has 116 valence electrons. The van der Waals surface area contributed by atoms with Crippen molar-refractivity contribution in [2.24, 2.45) is 5.41 Å².